The highest BCUT2D eigenvalue weighted by Gasteiger charge is 2.22. The summed E-state index contributed by atoms with van der Waals surface area (Å²) in [4.78, 5) is 0. The number of nitrogens with two attached hydrogens (primary N) is 2. The lowest BCUT2D eigenvalue weighted by Gasteiger charge is -2.15. The zero-order valence-electron chi connectivity index (χ0n) is 8.57. The number of ether oxygens (including phenoxy) is 2. The lowest BCUT2D eigenvalue weighted by Crippen LogP contribution is -2.03. The van der Waals surface area contributed by atoms with Crippen molar-refractivity contribution < 1.29 is 19.7 Å². The number of benzene rings is 1. The van der Waals surface area contributed by atoms with Crippen molar-refractivity contribution >= 4 is 11.4 Å². The van der Waals surface area contributed by atoms with Gasteiger partial charge in [-0.1, -0.05) is 0 Å². The molecule has 6 N–H and O–H groups in total. The summed E-state index contributed by atoms with van der Waals surface area (Å²) in [6.45, 7) is 2.05. The predicted molar refractivity (Wildman–Crippen MR) is 56.3 cm³/mol. The van der Waals surface area contributed by atoms with Gasteiger partial charge in [0.05, 0.1) is 13.7 Å². The molecule has 0 radical (unpaired) electrons. The molecule has 0 amide bonds. The first kappa shape index (κ1) is 11.1. The lowest BCUT2D eigenvalue weighted by atomic mass is 10.2. The molecule has 0 saturated carbocycles. The largest absolute Gasteiger partial charge is 0.503 e. The third kappa shape index (κ3) is 1.65. The van der Waals surface area contributed by atoms with E-state index < -0.39 is 0 Å². The molecule has 0 fully saturated rings. The second-order valence-electron chi connectivity index (χ2n) is 2.82. The Labute approximate surface area is 87.0 Å². The maximum Gasteiger partial charge on any atom is 0.207 e. The predicted octanol–water partition coefficient (Wildman–Crippen LogP) is 0.669. The van der Waals surface area contributed by atoms with Gasteiger partial charge in [-0.2, -0.15) is 0 Å². The number of aromatic hydroxyl groups is 2. The maximum absolute atomic E-state index is 9.56. The van der Waals surface area contributed by atoms with Gasteiger partial charge in [0.2, 0.25) is 5.75 Å². The average molecular weight is 214 g/mol. The molecule has 0 aliphatic rings. The summed E-state index contributed by atoms with van der Waals surface area (Å²) in [5.74, 6) is -0.859. The highest BCUT2D eigenvalue weighted by atomic mass is 16.5. The molecule has 1 aromatic rings. The molecule has 0 unspecified atom stereocenters. The van der Waals surface area contributed by atoms with Gasteiger partial charge < -0.3 is 31.2 Å². The van der Waals surface area contributed by atoms with E-state index in [4.69, 9.17) is 20.9 Å². The Morgan fingerprint density at radius 3 is 1.87 bits per heavy atom. The van der Waals surface area contributed by atoms with Crippen molar-refractivity contribution in [1.29, 1.82) is 0 Å². The number of nitrogen functional groups attached to an aromatic ring is 2. The third-order valence-electron chi connectivity index (χ3n) is 1.92. The Hall–Kier alpha value is -1.98. The van der Waals surface area contributed by atoms with Crippen LogP contribution in [0.4, 0.5) is 11.4 Å². The highest BCUT2D eigenvalue weighted by Crippen LogP contribution is 2.51. The smallest absolute Gasteiger partial charge is 0.207 e. The van der Waals surface area contributed by atoms with Crippen molar-refractivity contribution in [3.8, 4) is 23.0 Å². The summed E-state index contributed by atoms with van der Waals surface area (Å²) in [5.41, 5.74) is 11.0. The number of phenols is 2. The number of rotatable bonds is 3. The zero-order valence-corrected chi connectivity index (χ0v) is 8.57. The van der Waals surface area contributed by atoms with Gasteiger partial charge in [0, 0.05) is 0 Å². The average Bonchev–Trinajstić information content (AvgIpc) is 2.23. The SMILES string of the molecule is CCOc1c(N)c(O)c(OC)c(O)c1N. The van der Waals surface area contributed by atoms with Crippen LogP contribution in [0, 0.1) is 0 Å². The molecule has 84 valence electrons. The van der Waals surface area contributed by atoms with Crippen molar-refractivity contribution in [3.63, 3.8) is 0 Å². The van der Waals surface area contributed by atoms with Crippen molar-refractivity contribution in [2.75, 3.05) is 25.2 Å². The Morgan fingerprint density at radius 2 is 1.53 bits per heavy atom. The van der Waals surface area contributed by atoms with E-state index in [1.54, 1.807) is 6.92 Å². The molecule has 0 saturated heterocycles. The van der Waals surface area contributed by atoms with Crippen LogP contribution in [0.2, 0.25) is 0 Å². The van der Waals surface area contributed by atoms with Crippen LogP contribution in [0.5, 0.6) is 23.0 Å². The van der Waals surface area contributed by atoms with E-state index in [0.717, 1.165) is 0 Å². The van der Waals surface area contributed by atoms with Crippen molar-refractivity contribution in [3.05, 3.63) is 0 Å². The van der Waals surface area contributed by atoms with Gasteiger partial charge in [-0.3, -0.25) is 0 Å². The molecule has 0 spiro atoms. The molecule has 0 bridgehead atoms. The van der Waals surface area contributed by atoms with Crippen LogP contribution in [-0.2, 0) is 0 Å². The number of anilines is 2. The molecular formula is C9H14N2O4. The summed E-state index contributed by atoms with van der Waals surface area (Å²) in [5, 5.41) is 19.1. The van der Waals surface area contributed by atoms with Crippen molar-refractivity contribution in [2.24, 2.45) is 0 Å². The van der Waals surface area contributed by atoms with Crippen LogP contribution in [0.1, 0.15) is 6.92 Å². The zero-order chi connectivity index (χ0) is 11.6. The molecule has 0 heterocycles. The molecule has 6 nitrogen and oxygen atoms in total. The van der Waals surface area contributed by atoms with Gasteiger partial charge in [-0.15, -0.1) is 0 Å². The fraction of sp³-hybridized carbons (Fsp3) is 0.333. The first-order valence-corrected chi connectivity index (χ1v) is 4.34. The number of hydrogen-bond donors (Lipinski definition) is 4. The standard InChI is InChI=1S/C9H14N2O4/c1-3-15-8-4(10)6(12)9(14-2)7(13)5(8)11/h12-13H,3,10-11H2,1-2H3. The molecule has 15 heavy (non-hydrogen) atoms. The minimum absolute atomic E-state index is 0.0519. The van der Waals surface area contributed by atoms with Crippen LogP contribution in [-0.4, -0.2) is 23.9 Å². The Morgan fingerprint density at radius 1 is 1.07 bits per heavy atom. The summed E-state index contributed by atoms with van der Waals surface area (Å²) in [6.07, 6.45) is 0. The van der Waals surface area contributed by atoms with E-state index >= 15 is 0 Å². The minimum Gasteiger partial charge on any atom is -0.503 e. The van der Waals surface area contributed by atoms with Gasteiger partial charge in [0.1, 0.15) is 11.4 Å². The Bertz CT molecular complexity index is 350. The number of phenolic OH excluding ortho intramolecular Hbond substituents is 2. The van der Waals surface area contributed by atoms with Gasteiger partial charge in [-0.25, -0.2) is 0 Å². The number of hydrogen-bond acceptors (Lipinski definition) is 6. The van der Waals surface area contributed by atoms with Gasteiger partial charge >= 0.3 is 0 Å². The normalized spacial score (nSPS) is 10.0. The van der Waals surface area contributed by atoms with E-state index in [1.807, 2.05) is 0 Å². The molecule has 0 aromatic heterocycles. The summed E-state index contributed by atoms with van der Waals surface area (Å²) in [6, 6.07) is 0. The summed E-state index contributed by atoms with van der Waals surface area (Å²) in [7, 11) is 1.29. The first-order chi connectivity index (χ1) is 7.04. The second kappa shape index (κ2) is 4.04. The Balaban J connectivity index is 3.44. The van der Waals surface area contributed by atoms with Crippen LogP contribution >= 0.6 is 0 Å². The molecular weight excluding hydrogens is 200 g/mol. The third-order valence-corrected chi connectivity index (χ3v) is 1.92. The molecule has 0 aliphatic carbocycles. The van der Waals surface area contributed by atoms with E-state index in [0.29, 0.717) is 6.61 Å². The number of methoxy groups -OCH3 is 1. The molecule has 0 atom stereocenters. The van der Waals surface area contributed by atoms with Crippen LogP contribution < -0.4 is 20.9 Å². The quantitative estimate of drug-likeness (QED) is 0.334. The van der Waals surface area contributed by atoms with Crippen LogP contribution in [0.15, 0.2) is 0 Å². The highest BCUT2D eigenvalue weighted by molar-refractivity contribution is 5.83. The fourth-order valence-corrected chi connectivity index (χ4v) is 1.21. The van der Waals surface area contributed by atoms with Gasteiger partial charge in [0.15, 0.2) is 17.2 Å². The Kier molecular flexibility index (Phi) is 2.99. The molecule has 1 aromatic carbocycles. The first-order valence-electron chi connectivity index (χ1n) is 4.34. The second-order valence-corrected chi connectivity index (χ2v) is 2.82. The van der Waals surface area contributed by atoms with Gasteiger partial charge in [0.25, 0.3) is 0 Å². The van der Waals surface area contributed by atoms with Crippen LogP contribution in [0.25, 0.3) is 0 Å². The van der Waals surface area contributed by atoms with Gasteiger partial charge in [-0.05, 0) is 6.92 Å². The van der Waals surface area contributed by atoms with E-state index in [1.165, 1.54) is 7.11 Å². The monoisotopic (exact) mass is 214 g/mol. The van der Waals surface area contributed by atoms with Crippen molar-refractivity contribution in [1.82, 2.24) is 0 Å². The molecule has 0 aliphatic heterocycles. The van der Waals surface area contributed by atoms with Crippen molar-refractivity contribution in [2.45, 2.75) is 6.92 Å². The summed E-state index contributed by atoms with van der Waals surface area (Å²) < 4.78 is 9.86. The maximum atomic E-state index is 9.56. The molecule has 1 rings (SSSR count). The fourth-order valence-electron chi connectivity index (χ4n) is 1.21. The van der Waals surface area contributed by atoms with E-state index in [9.17, 15) is 10.2 Å². The minimum atomic E-state index is -0.382. The lowest BCUT2D eigenvalue weighted by molar-refractivity contribution is 0.325. The van der Waals surface area contributed by atoms with E-state index in [2.05, 4.69) is 0 Å². The topological polar surface area (TPSA) is 111 Å². The summed E-state index contributed by atoms with van der Waals surface area (Å²) >= 11 is 0. The van der Waals surface area contributed by atoms with E-state index in [-0.39, 0.29) is 34.4 Å². The van der Waals surface area contributed by atoms with Crippen LogP contribution in [0.3, 0.4) is 0 Å². The molecule has 6 heteroatoms.